The molecule has 0 saturated carbocycles. The molecule has 5 nitrogen and oxygen atoms in total. The van der Waals surface area contributed by atoms with Gasteiger partial charge in [0.05, 0.1) is 13.0 Å². The minimum atomic E-state index is -0.459. The first-order valence-corrected chi connectivity index (χ1v) is 10.9. The largest absolute Gasteiger partial charge is 0.355 e. The molecule has 0 fully saturated rings. The highest BCUT2D eigenvalue weighted by Crippen LogP contribution is 2.23. The Morgan fingerprint density at radius 3 is 2.33 bits per heavy atom. The predicted molar refractivity (Wildman–Crippen MR) is 130 cm³/mol. The van der Waals surface area contributed by atoms with Crippen LogP contribution in [0.2, 0.25) is 0 Å². The second-order valence-electron chi connectivity index (χ2n) is 8.39. The number of benzene rings is 3. The maximum Gasteiger partial charge on any atom is 0.258 e. The second kappa shape index (κ2) is 11.4. The fourth-order valence-corrected chi connectivity index (χ4v) is 3.43. The Bertz CT molecular complexity index is 1100. The van der Waals surface area contributed by atoms with Gasteiger partial charge in [-0.2, -0.15) is 0 Å². The van der Waals surface area contributed by atoms with Crippen LogP contribution in [0.25, 0.3) is 0 Å². The molecule has 3 aromatic carbocycles. The molecule has 0 saturated heterocycles. The average molecular weight is 448 g/mol. The zero-order valence-electron chi connectivity index (χ0n) is 19.3. The molecule has 0 radical (unpaired) electrons. The summed E-state index contributed by atoms with van der Waals surface area (Å²) in [6.45, 7) is 3.67. The van der Waals surface area contributed by atoms with Gasteiger partial charge in [-0.05, 0) is 62.5 Å². The summed E-state index contributed by atoms with van der Waals surface area (Å²) in [7, 11) is 3.90. The lowest BCUT2D eigenvalue weighted by Gasteiger charge is -2.24. The third kappa shape index (κ3) is 7.26. The van der Waals surface area contributed by atoms with E-state index in [0.717, 1.165) is 23.2 Å². The fourth-order valence-electron chi connectivity index (χ4n) is 3.43. The molecule has 0 aliphatic carbocycles. The summed E-state index contributed by atoms with van der Waals surface area (Å²) in [6.07, 6.45) is 0.216. The van der Waals surface area contributed by atoms with Crippen LogP contribution in [0.3, 0.4) is 0 Å². The predicted octanol–water partition coefficient (Wildman–Crippen LogP) is 4.20. The van der Waals surface area contributed by atoms with Gasteiger partial charge in [0.1, 0.15) is 5.82 Å². The van der Waals surface area contributed by atoms with Gasteiger partial charge in [-0.1, -0.05) is 48.0 Å². The van der Waals surface area contributed by atoms with Crippen molar-refractivity contribution < 1.29 is 14.0 Å². The Labute approximate surface area is 194 Å². The summed E-state index contributed by atoms with van der Waals surface area (Å²) >= 11 is 0. The van der Waals surface area contributed by atoms with Gasteiger partial charge >= 0.3 is 0 Å². The molecule has 3 rings (SSSR count). The van der Waals surface area contributed by atoms with Crippen LogP contribution in [0.1, 0.15) is 27.0 Å². The van der Waals surface area contributed by atoms with Crippen molar-refractivity contribution in [3.63, 3.8) is 0 Å². The molecule has 0 aliphatic heterocycles. The van der Waals surface area contributed by atoms with Crippen molar-refractivity contribution in [3.05, 3.63) is 101 Å². The van der Waals surface area contributed by atoms with E-state index in [0.29, 0.717) is 18.8 Å². The minimum Gasteiger partial charge on any atom is -0.355 e. The molecular weight excluding hydrogens is 417 g/mol. The molecule has 2 amide bonds. The number of hydrogen-bond donors (Lipinski definition) is 1. The van der Waals surface area contributed by atoms with Crippen LogP contribution < -0.4 is 10.2 Å². The lowest BCUT2D eigenvalue weighted by molar-refractivity contribution is -0.120. The molecule has 172 valence electrons. The second-order valence-corrected chi connectivity index (χ2v) is 8.39. The molecule has 0 unspecified atom stereocenters. The molecule has 0 aliphatic rings. The highest BCUT2D eigenvalue weighted by molar-refractivity contribution is 6.06. The quantitative estimate of drug-likeness (QED) is 0.535. The highest BCUT2D eigenvalue weighted by atomic mass is 19.1. The first-order valence-electron chi connectivity index (χ1n) is 10.9. The van der Waals surface area contributed by atoms with Crippen LogP contribution in [0.5, 0.6) is 0 Å². The van der Waals surface area contributed by atoms with Gasteiger partial charge in [0, 0.05) is 24.3 Å². The number of carbonyl (C=O) groups excluding carboxylic acids is 2. The van der Waals surface area contributed by atoms with Crippen LogP contribution in [-0.2, 0) is 17.8 Å². The molecule has 0 spiro atoms. The van der Waals surface area contributed by atoms with Crippen LogP contribution in [-0.4, -0.2) is 43.9 Å². The Kier molecular flexibility index (Phi) is 8.33. The van der Waals surface area contributed by atoms with Crippen molar-refractivity contribution in [1.29, 1.82) is 0 Å². The Morgan fingerprint density at radius 2 is 1.64 bits per heavy atom. The molecular formula is C27H30FN3O2. The van der Waals surface area contributed by atoms with E-state index in [1.165, 1.54) is 18.2 Å². The number of aryl methyl sites for hydroxylation is 1. The number of likely N-dealkylation sites (N-methyl/N-ethyl adjacent to an activating group) is 1. The van der Waals surface area contributed by atoms with E-state index in [2.05, 4.69) is 5.32 Å². The van der Waals surface area contributed by atoms with Gasteiger partial charge in [0.2, 0.25) is 5.91 Å². The molecule has 0 aromatic heterocycles. The normalized spacial score (nSPS) is 10.8. The standard InChI is InChI=1S/C27H30FN3O2/c1-20-10-12-21(13-11-20)19-31(27(33)23-7-5-8-24(28)18-23)25-9-4-6-22(16-25)17-26(32)29-14-15-30(2)3/h4-13,16,18H,14-15,17,19H2,1-3H3,(H,29,32). The molecule has 1 N–H and O–H groups in total. The summed E-state index contributed by atoms with van der Waals surface area (Å²) in [4.78, 5) is 29.3. The van der Waals surface area contributed by atoms with E-state index in [4.69, 9.17) is 0 Å². The summed E-state index contributed by atoms with van der Waals surface area (Å²) in [5, 5.41) is 2.91. The Balaban J connectivity index is 1.85. The van der Waals surface area contributed by atoms with Crippen molar-refractivity contribution in [2.75, 3.05) is 32.1 Å². The third-order valence-electron chi connectivity index (χ3n) is 5.25. The molecule has 0 heterocycles. The number of hydrogen-bond acceptors (Lipinski definition) is 3. The first-order chi connectivity index (χ1) is 15.8. The van der Waals surface area contributed by atoms with E-state index in [-0.39, 0.29) is 23.8 Å². The van der Waals surface area contributed by atoms with Crippen molar-refractivity contribution in [3.8, 4) is 0 Å². The van der Waals surface area contributed by atoms with Crippen LogP contribution in [0.15, 0.2) is 72.8 Å². The number of nitrogens with zero attached hydrogens (tertiary/aromatic N) is 2. The monoisotopic (exact) mass is 447 g/mol. The fraction of sp³-hybridized carbons (Fsp3) is 0.259. The van der Waals surface area contributed by atoms with Crippen molar-refractivity contribution in [2.24, 2.45) is 0 Å². The molecule has 3 aromatic rings. The number of nitrogens with one attached hydrogen (secondary N) is 1. The number of halogens is 1. The summed E-state index contributed by atoms with van der Waals surface area (Å²) < 4.78 is 13.8. The van der Waals surface area contributed by atoms with E-state index in [9.17, 15) is 14.0 Å². The Morgan fingerprint density at radius 1 is 0.909 bits per heavy atom. The van der Waals surface area contributed by atoms with Gasteiger partial charge in [-0.3, -0.25) is 9.59 Å². The number of anilines is 1. The maximum atomic E-state index is 13.8. The SMILES string of the molecule is Cc1ccc(CN(C(=O)c2cccc(F)c2)c2cccc(CC(=O)NCCN(C)C)c2)cc1. The van der Waals surface area contributed by atoms with Crippen molar-refractivity contribution >= 4 is 17.5 Å². The van der Waals surface area contributed by atoms with E-state index in [1.54, 1.807) is 11.0 Å². The van der Waals surface area contributed by atoms with Crippen LogP contribution in [0.4, 0.5) is 10.1 Å². The number of rotatable bonds is 9. The highest BCUT2D eigenvalue weighted by Gasteiger charge is 2.19. The van der Waals surface area contributed by atoms with Crippen LogP contribution >= 0.6 is 0 Å². The number of amides is 2. The smallest absolute Gasteiger partial charge is 0.258 e. The lowest BCUT2D eigenvalue weighted by atomic mass is 10.1. The topological polar surface area (TPSA) is 52.7 Å². The van der Waals surface area contributed by atoms with Gasteiger partial charge in [-0.15, -0.1) is 0 Å². The van der Waals surface area contributed by atoms with Gasteiger partial charge in [0.25, 0.3) is 5.91 Å². The average Bonchev–Trinajstić information content (AvgIpc) is 2.78. The van der Waals surface area contributed by atoms with E-state index < -0.39 is 5.82 Å². The zero-order chi connectivity index (χ0) is 23.8. The van der Waals surface area contributed by atoms with E-state index >= 15 is 0 Å². The maximum absolute atomic E-state index is 13.8. The third-order valence-corrected chi connectivity index (χ3v) is 5.25. The summed E-state index contributed by atoms with van der Waals surface area (Å²) in [6, 6.07) is 21.0. The molecule has 0 atom stereocenters. The zero-order valence-corrected chi connectivity index (χ0v) is 19.3. The van der Waals surface area contributed by atoms with Crippen molar-refractivity contribution in [2.45, 2.75) is 19.9 Å². The van der Waals surface area contributed by atoms with Gasteiger partial charge in [0.15, 0.2) is 0 Å². The van der Waals surface area contributed by atoms with Gasteiger partial charge < -0.3 is 15.1 Å². The van der Waals surface area contributed by atoms with E-state index in [1.807, 2.05) is 74.4 Å². The van der Waals surface area contributed by atoms with Gasteiger partial charge in [-0.25, -0.2) is 4.39 Å². The van der Waals surface area contributed by atoms with Crippen LogP contribution in [0, 0.1) is 12.7 Å². The first kappa shape index (κ1) is 24.1. The molecule has 33 heavy (non-hydrogen) atoms. The summed E-state index contributed by atoms with van der Waals surface area (Å²) in [5.41, 5.74) is 3.81. The summed E-state index contributed by atoms with van der Waals surface area (Å²) in [5.74, 6) is -0.836. The Hall–Kier alpha value is -3.51. The van der Waals surface area contributed by atoms with Crippen molar-refractivity contribution in [1.82, 2.24) is 10.2 Å². The molecule has 6 heteroatoms. The number of carbonyl (C=O) groups is 2. The minimum absolute atomic E-state index is 0.0736. The lowest BCUT2D eigenvalue weighted by Crippen LogP contribution is -2.32. The molecule has 0 bridgehead atoms.